The molecule has 1 aromatic carbocycles. The van der Waals surface area contributed by atoms with Gasteiger partial charge in [-0.3, -0.25) is 14.4 Å². The number of amides is 3. The van der Waals surface area contributed by atoms with Crippen LogP contribution in [-0.2, 0) is 14.3 Å². The van der Waals surface area contributed by atoms with E-state index in [2.05, 4.69) is 10.6 Å². The van der Waals surface area contributed by atoms with Crippen LogP contribution < -0.4 is 15.5 Å². The van der Waals surface area contributed by atoms with Crippen molar-refractivity contribution in [1.82, 2.24) is 5.32 Å². The van der Waals surface area contributed by atoms with Crippen molar-refractivity contribution in [3.05, 3.63) is 16.3 Å². The molecule has 1 aliphatic rings. The van der Waals surface area contributed by atoms with E-state index >= 15 is 0 Å². The molecule has 0 aromatic heterocycles. The van der Waals surface area contributed by atoms with E-state index in [1.807, 2.05) is 67.8 Å². The molecule has 0 unspecified atom stereocenters. The van der Waals surface area contributed by atoms with Crippen LogP contribution in [-0.4, -0.2) is 82.4 Å². The Bertz CT molecular complexity index is 931. The molecule has 1 fully saturated rings. The summed E-state index contributed by atoms with van der Waals surface area (Å²) in [6.07, 6.45) is -6.07. The number of anilines is 2. The first-order chi connectivity index (χ1) is 14.8. The average Bonchev–Trinajstić information content (AvgIpc) is 2.70. The Morgan fingerprint density at radius 1 is 1.03 bits per heavy atom. The Morgan fingerprint density at radius 3 is 2.12 bits per heavy atom. The van der Waals surface area contributed by atoms with Crippen molar-refractivity contribution in [1.29, 1.82) is 0 Å². The van der Waals surface area contributed by atoms with Gasteiger partial charge in [0.05, 0.1) is 34.3 Å². The molecule has 0 spiro atoms. The van der Waals surface area contributed by atoms with E-state index < -0.39 is 43.2 Å². The number of halogens is 3. The molecule has 178 valence electrons. The molecular weight excluding hydrogens is 767 g/mol. The highest BCUT2D eigenvalue weighted by Gasteiger charge is 2.44. The quantitative estimate of drug-likeness (QED) is 0.227. The third kappa shape index (κ3) is 5.63. The monoisotopic (exact) mass is 789 g/mol. The lowest BCUT2D eigenvalue weighted by molar-refractivity contribution is -0.252. The van der Waals surface area contributed by atoms with Crippen molar-refractivity contribution >= 4 is 96.9 Å². The first kappa shape index (κ1) is 27.9. The Morgan fingerprint density at radius 2 is 1.62 bits per heavy atom. The predicted molar refractivity (Wildman–Crippen MR) is 139 cm³/mol. The number of nitrogens with one attached hydrogen (secondary N) is 2. The van der Waals surface area contributed by atoms with Gasteiger partial charge in [0.2, 0.25) is 11.8 Å². The van der Waals surface area contributed by atoms with Gasteiger partial charge in [-0.05, 0) is 67.8 Å². The van der Waals surface area contributed by atoms with Crippen molar-refractivity contribution in [2.75, 3.05) is 23.9 Å². The maximum Gasteiger partial charge on any atom is 0.254 e. The maximum absolute atomic E-state index is 13.2. The molecule has 6 N–H and O–H groups in total. The average molecular weight is 789 g/mol. The normalized spacial score (nSPS) is 25.2. The van der Waals surface area contributed by atoms with Crippen LogP contribution in [0.3, 0.4) is 0 Å². The zero-order valence-corrected chi connectivity index (χ0v) is 23.6. The smallest absolute Gasteiger partial charge is 0.254 e. The third-order valence-electron chi connectivity index (χ3n) is 4.83. The zero-order chi connectivity index (χ0) is 24.5. The highest BCUT2D eigenvalue weighted by Crippen LogP contribution is 2.40. The molecular formula is C18H22I3N3O8. The SMILES string of the molecule is CC(=O)Nc1c(I)c(C(=O)N[C@H]2[C@@H](O)[C@@H](O)[C@@H](CO)O[C@H]2O)c(I)c(N(C)C(C)=O)c1I. The van der Waals surface area contributed by atoms with Crippen molar-refractivity contribution in [3.8, 4) is 0 Å². The van der Waals surface area contributed by atoms with Crippen LogP contribution in [0.2, 0.25) is 0 Å². The Balaban J connectivity index is 2.56. The van der Waals surface area contributed by atoms with E-state index in [1.165, 1.54) is 25.8 Å². The third-order valence-corrected chi connectivity index (χ3v) is 8.01. The van der Waals surface area contributed by atoms with Crippen LogP contribution >= 0.6 is 67.8 Å². The maximum atomic E-state index is 13.2. The molecule has 0 aliphatic carbocycles. The van der Waals surface area contributed by atoms with E-state index in [0.29, 0.717) is 22.1 Å². The van der Waals surface area contributed by atoms with Gasteiger partial charge in [-0.1, -0.05) is 0 Å². The molecule has 1 saturated heterocycles. The summed E-state index contributed by atoms with van der Waals surface area (Å²) in [4.78, 5) is 38.4. The van der Waals surface area contributed by atoms with Crippen LogP contribution in [0.1, 0.15) is 24.2 Å². The summed E-state index contributed by atoms with van der Waals surface area (Å²) < 4.78 is 6.40. The lowest BCUT2D eigenvalue weighted by Crippen LogP contribution is -2.64. The molecule has 1 aromatic rings. The molecule has 0 bridgehead atoms. The molecule has 2 rings (SSSR count). The molecule has 32 heavy (non-hydrogen) atoms. The number of aliphatic hydroxyl groups is 4. The highest BCUT2D eigenvalue weighted by atomic mass is 127. The summed E-state index contributed by atoms with van der Waals surface area (Å²) in [5.74, 6) is -1.41. The lowest BCUT2D eigenvalue weighted by atomic mass is 9.96. The van der Waals surface area contributed by atoms with Gasteiger partial charge in [-0.25, -0.2) is 0 Å². The fraction of sp³-hybridized carbons (Fsp3) is 0.500. The van der Waals surface area contributed by atoms with E-state index in [-0.39, 0.29) is 17.4 Å². The molecule has 14 heteroatoms. The van der Waals surface area contributed by atoms with E-state index in [1.54, 1.807) is 0 Å². The van der Waals surface area contributed by atoms with Gasteiger partial charge in [-0.15, -0.1) is 0 Å². The summed E-state index contributed by atoms with van der Waals surface area (Å²) in [6, 6.07) is -1.40. The van der Waals surface area contributed by atoms with Crippen molar-refractivity contribution in [2.24, 2.45) is 0 Å². The molecule has 0 radical (unpaired) electrons. The van der Waals surface area contributed by atoms with Gasteiger partial charge < -0.3 is 40.7 Å². The van der Waals surface area contributed by atoms with Gasteiger partial charge in [0.25, 0.3) is 5.91 Å². The van der Waals surface area contributed by atoms with Crippen molar-refractivity contribution < 1.29 is 39.5 Å². The number of ether oxygens (including phenoxy) is 1. The minimum atomic E-state index is -1.69. The van der Waals surface area contributed by atoms with Crippen LogP contribution in [0.25, 0.3) is 0 Å². The molecule has 1 heterocycles. The number of hydrogen-bond donors (Lipinski definition) is 6. The van der Waals surface area contributed by atoms with Crippen molar-refractivity contribution in [2.45, 2.75) is 44.5 Å². The fourth-order valence-electron chi connectivity index (χ4n) is 3.06. The molecule has 3 amide bonds. The Labute approximate surface area is 224 Å². The number of hydrogen-bond acceptors (Lipinski definition) is 8. The number of aliphatic hydroxyl groups excluding tert-OH is 4. The van der Waals surface area contributed by atoms with E-state index in [9.17, 15) is 34.8 Å². The largest absolute Gasteiger partial charge is 0.394 e. The van der Waals surface area contributed by atoms with E-state index in [0.717, 1.165) is 0 Å². The first-order valence-electron chi connectivity index (χ1n) is 9.17. The Kier molecular flexibility index (Phi) is 9.89. The van der Waals surface area contributed by atoms with Gasteiger partial charge in [0.15, 0.2) is 6.29 Å². The summed E-state index contributed by atoms with van der Waals surface area (Å²) in [5, 5.41) is 45.0. The van der Waals surface area contributed by atoms with Crippen LogP contribution in [0.5, 0.6) is 0 Å². The van der Waals surface area contributed by atoms with Crippen LogP contribution in [0, 0.1) is 10.7 Å². The van der Waals surface area contributed by atoms with E-state index in [4.69, 9.17) is 4.74 Å². The second kappa shape index (κ2) is 11.4. The van der Waals surface area contributed by atoms with Crippen LogP contribution in [0.4, 0.5) is 11.4 Å². The lowest BCUT2D eigenvalue weighted by Gasteiger charge is -2.40. The predicted octanol–water partition coefficient (Wildman–Crippen LogP) is -0.0288. The molecule has 0 saturated carbocycles. The summed E-state index contributed by atoms with van der Waals surface area (Å²) in [5.41, 5.74) is 0.819. The number of rotatable bonds is 5. The number of carbonyl (C=O) groups is 3. The summed E-state index contributed by atoms with van der Waals surface area (Å²) in [6.45, 7) is 2.03. The second-order valence-corrected chi connectivity index (χ2v) is 10.3. The topological polar surface area (TPSA) is 169 Å². The van der Waals surface area contributed by atoms with Crippen molar-refractivity contribution in [3.63, 3.8) is 0 Å². The standard InChI is InChI=1S/C18H22I3N3O8/c1-5(26)22-12-9(19)8(10(20)14(11(12)21)24(3)6(2)27)17(30)23-13-16(29)15(28)7(4-25)32-18(13)31/h7,13,15-16,18,25,28-29,31H,4H2,1-3H3,(H,22,26)(H,23,30)/t7-,13+,15+,16-,18-/m1/s1. The van der Waals surface area contributed by atoms with Gasteiger partial charge in [0, 0.05) is 20.9 Å². The number of nitrogens with zero attached hydrogens (tertiary/aromatic N) is 1. The molecule has 1 aliphatic heterocycles. The first-order valence-corrected chi connectivity index (χ1v) is 12.4. The minimum Gasteiger partial charge on any atom is -0.394 e. The minimum absolute atomic E-state index is 0.0941. The van der Waals surface area contributed by atoms with Gasteiger partial charge in [0.1, 0.15) is 24.4 Å². The molecule has 5 atom stereocenters. The highest BCUT2D eigenvalue weighted by molar-refractivity contribution is 14.1. The zero-order valence-electron chi connectivity index (χ0n) is 17.1. The van der Waals surface area contributed by atoms with Gasteiger partial charge in [-0.2, -0.15) is 0 Å². The summed E-state index contributed by atoms with van der Waals surface area (Å²) >= 11 is 5.78. The number of benzene rings is 1. The van der Waals surface area contributed by atoms with Crippen LogP contribution in [0.15, 0.2) is 0 Å². The molecule has 11 nitrogen and oxygen atoms in total. The van der Waals surface area contributed by atoms with Gasteiger partial charge >= 0.3 is 0 Å². The Hall–Kier alpha value is -0.380. The summed E-state index contributed by atoms with van der Waals surface area (Å²) in [7, 11) is 1.53. The second-order valence-electron chi connectivity index (χ2n) is 7.03. The fourth-order valence-corrected chi connectivity index (χ4v) is 7.71. The number of carbonyl (C=O) groups excluding carboxylic acids is 3.